The SMILES string of the molecule is CCCCCCCCc1cc(C(=O)OCC)cs1. The summed E-state index contributed by atoms with van der Waals surface area (Å²) < 4.78 is 4.98. The van der Waals surface area contributed by atoms with Gasteiger partial charge in [-0.25, -0.2) is 4.79 Å². The lowest BCUT2D eigenvalue weighted by atomic mass is 10.1. The molecular formula is C15H24O2S. The van der Waals surface area contributed by atoms with Gasteiger partial charge in [-0.05, 0) is 25.8 Å². The molecule has 1 aromatic heterocycles. The van der Waals surface area contributed by atoms with Crippen LogP contribution in [0, 0.1) is 0 Å². The first kappa shape index (κ1) is 15.2. The van der Waals surface area contributed by atoms with Gasteiger partial charge in [0.15, 0.2) is 0 Å². The van der Waals surface area contributed by atoms with E-state index in [1.165, 1.54) is 43.4 Å². The van der Waals surface area contributed by atoms with E-state index < -0.39 is 0 Å². The maximum Gasteiger partial charge on any atom is 0.338 e. The van der Waals surface area contributed by atoms with Crippen LogP contribution in [0.15, 0.2) is 11.4 Å². The highest BCUT2D eigenvalue weighted by molar-refractivity contribution is 7.10. The van der Waals surface area contributed by atoms with Crippen molar-refractivity contribution in [2.24, 2.45) is 0 Å². The van der Waals surface area contributed by atoms with Gasteiger partial charge < -0.3 is 4.74 Å². The zero-order valence-corrected chi connectivity index (χ0v) is 12.4. The van der Waals surface area contributed by atoms with Crippen molar-refractivity contribution in [3.05, 3.63) is 21.9 Å². The van der Waals surface area contributed by atoms with Crippen LogP contribution in [-0.2, 0) is 11.2 Å². The predicted molar refractivity (Wildman–Crippen MR) is 77.4 cm³/mol. The van der Waals surface area contributed by atoms with E-state index in [-0.39, 0.29) is 5.97 Å². The summed E-state index contributed by atoms with van der Waals surface area (Å²) >= 11 is 1.67. The monoisotopic (exact) mass is 268 g/mol. The summed E-state index contributed by atoms with van der Waals surface area (Å²) in [6.45, 7) is 4.52. The fourth-order valence-corrected chi connectivity index (χ4v) is 2.81. The molecule has 0 aliphatic carbocycles. The molecule has 0 amide bonds. The van der Waals surface area contributed by atoms with E-state index in [9.17, 15) is 4.79 Å². The van der Waals surface area contributed by atoms with Crippen LogP contribution in [-0.4, -0.2) is 12.6 Å². The minimum Gasteiger partial charge on any atom is -0.462 e. The van der Waals surface area contributed by atoms with Crippen molar-refractivity contribution in [1.82, 2.24) is 0 Å². The van der Waals surface area contributed by atoms with Crippen LogP contribution < -0.4 is 0 Å². The summed E-state index contributed by atoms with van der Waals surface area (Å²) in [5.74, 6) is -0.192. The normalized spacial score (nSPS) is 10.6. The predicted octanol–water partition coefficient (Wildman–Crippen LogP) is 4.83. The molecule has 0 bridgehead atoms. The molecule has 3 heteroatoms. The van der Waals surface area contributed by atoms with Crippen molar-refractivity contribution in [2.45, 2.75) is 58.8 Å². The van der Waals surface area contributed by atoms with Gasteiger partial charge in [0, 0.05) is 10.3 Å². The minimum absolute atomic E-state index is 0.192. The largest absolute Gasteiger partial charge is 0.462 e. The van der Waals surface area contributed by atoms with Gasteiger partial charge in [-0.15, -0.1) is 11.3 Å². The Morgan fingerprint density at radius 2 is 1.89 bits per heavy atom. The van der Waals surface area contributed by atoms with E-state index in [0.717, 1.165) is 6.42 Å². The number of rotatable bonds is 9. The standard InChI is InChI=1S/C15H24O2S/c1-3-5-6-7-8-9-10-14-11-13(12-18-14)15(16)17-4-2/h11-12H,3-10H2,1-2H3. The van der Waals surface area contributed by atoms with Crippen LogP contribution in [0.5, 0.6) is 0 Å². The highest BCUT2D eigenvalue weighted by Gasteiger charge is 2.08. The summed E-state index contributed by atoms with van der Waals surface area (Å²) in [5, 5.41) is 1.91. The lowest BCUT2D eigenvalue weighted by Crippen LogP contribution is -2.02. The molecule has 0 atom stereocenters. The molecule has 2 nitrogen and oxygen atoms in total. The molecule has 18 heavy (non-hydrogen) atoms. The Bertz CT molecular complexity index is 344. The van der Waals surface area contributed by atoms with E-state index in [4.69, 9.17) is 4.74 Å². The zero-order chi connectivity index (χ0) is 13.2. The van der Waals surface area contributed by atoms with Crippen molar-refractivity contribution < 1.29 is 9.53 Å². The summed E-state index contributed by atoms with van der Waals surface area (Å²) in [7, 11) is 0. The quantitative estimate of drug-likeness (QED) is 0.474. The number of esters is 1. The third-order valence-electron chi connectivity index (χ3n) is 2.94. The van der Waals surface area contributed by atoms with Crippen molar-refractivity contribution in [3.63, 3.8) is 0 Å². The molecule has 0 saturated carbocycles. The molecule has 0 fully saturated rings. The molecule has 0 spiro atoms. The smallest absolute Gasteiger partial charge is 0.338 e. The van der Waals surface area contributed by atoms with Gasteiger partial charge in [0.25, 0.3) is 0 Å². The number of thiophene rings is 1. The van der Waals surface area contributed by atoms with Gasteiger partial charge in [0.05, 0.1) is 12.2 Å². The second-order valence-electron chi connectivity index (χ2n) is 4.54. The van der Waals surface area contributed by atoms with Crippen LogP contribution in [0.25, 0.3) is 0 Å². The molecule has 1 rings (SSSR count). The van der Waals surface area contributed by atoms with E-state index in [1.807, 2.05) is 18.4 Å². The molecule has 0 unspecified atom stereocenters. The van der Waals surface area contributed by atoms with Crippen LogP contribution in [0.4, 0.5) is 0 Å². The highest BCUT2D eigenvalue weighted by atomic mass is 32.1. The first-order chi connectivity index (χ1) is 8.77. The summed E-state index contributed by atoms with van der Waals surface area (Å²) in [5.41, 5.74) is 0.711. The molecule has 102 valence electrons. The van der Waals surface area contributed by atoms with Gasteiger partial charge in [-0.3, -0.25) is 0 Å². The van der Waals surface area contributed by atoms with E-state index in [0.29, 0.717) is 12.2 Å². The maximum absolute atomic E-state index is 11.5. The number of hydrogen-bond acceptors (Lipinski definition) is 3. The lowest BCUT2D eigenvalue weighted by Gasteiger charge is -1.99. The molecule has 1 aromatic rings. The molecule has 0 aromatic carbocycles. The second kappa shape index (κ2) is 9.15. The topological polar surface area (TPSA) is 26.3 Å². The summed E-state index contributed by atoms with van der Waals surface area (Å²) in [6.07, 6.45) is 8.97. The minimum atomic E-state index is -0.192. The third kappa shape index (κ3) is 5.67. The molecule has 0 aliphatic rings. The fourth-order valence-electron chi connectivity index (χ4n) is 1.91. The van der Waals surface area contributed by atoms with Gasteiger partial charge in [0.2, 0.25) is 0 Å². The molecular weight excluding hydrogens is 244 g/mol. The number of carbonyl (C=O) groups excluding carboxylic acids is 1. The Balaban J connectivity index is 2.21. The zero-order valence-electron chi connectivity index (χ0n) is 11.5. The Labute approximate surface area is 114 Å². The average Bonchev–Trinajstić information content (AvgIpc) is 2.83. The van der Waals surface area contributed by atoms with Crippen LogP contribution in [0.1, 0.15) is 67.6 Å². The number of hydrogen-bond donors (Lipinski definition) is 0. The summed E-state index contributed by atoms with van der Waals surface area (Å²) in [6, 6.07) is 1.98. The van der Waals surface area contributed by atoms with E-state index >= 15 is 0 Å². The Morgan fingerprint density at radius 1 is 1.17 bits per heavy atom. The molecule has 0 N–H and O–H groups in total. The van der Waals surface area contributed by atoms with Crippen molar-refractivity contribution in [3.8, 4) is 0 Å². The Morgan fingerprint density at radius 3 is 2.61 bits per heavy atom. The summed E-state index contributed by atoms with van der Waals surface area (Å²) in [4.78, 5) is 12.8. The van der Waals surface area contributed by atoms with Crippen LogP contribution in [0.2, 0.25) is 0 Å². The number of unbranched alkanes of at least 4 members (excludes halogenated alkanes) is 5. The Hall–Kier alpha value is -0.830. The number of carbonyl (C=O) groups is 1. The van der Waals surface area contributed by atoms with Crippen molar-refractivity contribution in [2.75, 3.05) is 6.61 Å². The van der Waals surface area contributed by atoms with Gasteiger partial charge in [0.1, 0.15) is 0 Å². The molecule has 0 radical (unpaired) electrons. The highest BCUT2D eigenvalue weighted by Crippen LogP contribution is 2.18. The lowest BCUT2D eigenvalue weighted by molar-refractivity contribution is 0.0527. The van der Waals surface area contributed by atoms with Crippen molar-refractivity contribution >= 4 is 17.3 Å². The van der Waals surface area contributed by atoms with Gasteiger partial charge in [-0.1, -0.05) is 39.0 Å². The second-order valence-corrected chi connectivity index (χ2v) is 5.54. The number of ether oxygens (including phenoxy) is 1. The first-order valence-corrected chi connectivity index (χ1v) is 7.90. The third-order valence-corrected chi connectivity index (χ3v) is 3.94. The van der Waals surface area contributed by atoms with Gasteiger partial charge in [-0.2, -0.15) is 0 Å². The van der Waals surface area contributed by atoms with Crippen LogP contribution >= 0.6 is 11.3 Å². The van der Waals surface area contributed by atoms with E-state index in [2.05, 4.69) is 6.92 Å². The van der Waals surface area contributed by atoms with Gasteiger partial charge >= 0.3 is 5.97 Å². The molecule has 1 heterocycles. The number of aryl methyl sites for hydroxylation is 1. The fraction of sp³-hybridized carbons (Fsp3) is 0.667. The first-order valence-electron chi connectivity index (χ1n) is 7.02. The molecule has 0 saturated heterocycles. The van der Waals surface area contributed by atoms with E-state index in [1.54, 1.807) is 11.3 Å². The van der Waals surface area contributed by atoms with Crippen molar-refractivity contribution in [1.29, 1.82) is 0 Å². The average molecular weight is 268 g/mol. The van der Waals surface area contributed by atoms with Crippen LogP contribution in [0.3, 0.4) is 0 Å². The molecule has 0 aliphatic heterocycles. The maximum atomic E-state index is 11.5. The Kier molecular flexibility index (Phi) is 7.74.